The van der Waals surface area contributed by atoms with E-state index in [1.54, 1.807) is 6.07 Å². The lowest BCUT2D eigenvalue weighted by Gasteiger charge is -2.43. The summed E-state index contributed by atoms with van der Waals surface area (Å²) in [5.41, 5.74) is 1.17. The van der Waals surface area contributed by atoms with Gasteiger partial charge in [0.25, 0.3) is 0 Å². The van der Waals surface area contributed by atoms with Crippen LogP contribution >= 0.6 is 27.7 Å². The molecule has 1 aromatic rings. The lowest BCUT2D eigenvalue weighted by atomic mass is 9.94. The van der Waals surface area contributed by atoms with Crippen molar-refractivity contribution in [1.82, 2.24) is 10.2 Å². The zero-order chi connectivity index (χ0) is 16.3. The van der Waals surface area contributed by atoms with Crippen molar-refractivity contribution in [2.45, 2.75) is 24.9 Å². The Morgan fingerprint density at radius 3 is 2.91 bits per heavy atom. The van der Waals surface area contributed by atoms with Crippen LogP contribution in [0.3, 0.4) is 0 Å². The second-order valence-electron chi connectivity index (χ2n) is 6.43. The molecule has 2 aliphatic heterocycles. The Morgan fingerprint density at radius 2 is 2.22 bits per heavy atom. The van der Waals surface area contributed by atoms with E-state index < -0.39 is 0 Å². The predicted octanol–water partition coefficient (Wildman–Crippen LogP) is 3.01. The topological polar surface area (TPSA) is 44.7 Å². The summed E-state index contributed by atoms with van der Waals surface area (Å²) in [6, 6.07) is 5.74. The van der Waals surface area contributed by atoms with E-state index in [0.29, 0.717) is 5.75 Å². The van der Waals surface area contributed by atoms with Crippen molar-refractivity contribution < 1.29 is 9.84 Å². The fraction of sp³-hybridized carbons (Fsp3) is 0.647. The van der Waals surface area contributed by atoms with Gasteiger partial charge in [-0.3, -0.25) is 4.90 Å². The average molecular weight is 401 g/mol. The zero-order valence-corrected chi connectivity index (χ0v) is 16.0. The second-order valence-corrected chi connectivity index (χ2v) is 8.45. The number of thioether (sulfide) groups is 1. The lowest BCUT2D eigenvalue weighted by molar-refractivity contribution is -0.0139. The van der Waals surface area contributed by atoms with E-state index in [1.165, 1.54) is 17.9 Å². The van der Waals surface area contributed by atoms with Crippen molar-refractivity contribution in [3.05, 3.63) is 28.2 Å². The monoisotopic (exact) mass is 400 g/mol. The number of hydrogen-bond donors (Lipinski definition) is 2. The van der Waals surface area contributed by atoms with Gasteiger partial charge < -0.3 is 15.2 Å². The maximum atomic E-state index is 10.1. The molecule has 0 aliphatic carbocycles. The first-order valence-electron chi connectivity index (χ1n) is 8.23. The Morgan fingerprint density at radius 1 is 1.43 bits per heavy atom. The number of rotatable bonds is 5. The molecule has 2 atom stereocenters. The van der Waals surface area contributed by atoms with Crippen molar-refractivity contribution in [1.29, 1.82) is 0 Å². The van der Waals surface area contributed by atoms with Crippen LogP contribution in [0.1, 0.15) is 24.9 Å². The highest BCUT2D eigenvalue weighted by Crippen LogP contribution is 2.35. The first-order valence-corrected chi connectivity index (χ1v) is 10.2. The number of halogens is 1. The molecular formula is C17H25BrN2O2S. The highest BCUT2D eigenvalue weighted by Gasteiger charge is 2.40. The van der Waals surface area contributed by atoms with E-state index in [2.05, 4.69) is 33.1 Å². The minimum Gasteiger partial charge on any atom is -0.508 e. The summed E-state index contributed by atoms with van der Waals surface area (Å²) in [6.07, 6.45) is 1.22. The van der Waals surface area contributed by atoms with Crippen molar-refractivity contribution in [3.8, 4) is 5.75 Å². The summed E-state index contributed by atoms with van der Waals surface area (Å²) in [5.74, 6) is 2.77. The molecule has 0 spiro atoms. The summed E-state index contributed by atoms with van der Waals surface area (Å²) < 4.78 is 6.52. The SMILES string of the molecule is CC(NCC1(N2CCOCC2)CCSC1)c1cc(Br)ccc1O. The van der Waals surface area contributed by atoms with Crippen molar-refractivity contribution in [3.63, 3.8) is 0 Å². The van der Waals surface area contributed by atoms with E-state index in [0.717, 1.165) is 42.9 Å². The van der Waals surface area contributed by atoms with Crippen LogP contribution in [-0.4, -0.2) is 59.9 Å². The summed E-state index contributed by atoms with van der Waals surface area (Å²) in [4.78, 5) is 2.61. The molecule has 2 fully saturated rings. The molecule has 2 unspecified atom stereocenters. The molecule has 0 saturated carbocycles. The molecule has 0 aromatic heterocycles. The van der Waals surface area contributed by atoms with E-state index in [4.69, 9.17) is 4.74 Å². The van der Waals surface area contributed by atoms with Crippen LogP contribution in [0.15, 0.2) is 22.7 Å². The standard InChI is InChI=1S/C17H25BrN2O2S/c1-13(15-10-14(18)2-3-16(15)21)19-11-17(4-9-23-12-17)20-5-7-22-8-6-20/h2-3,10,13,19,21H,4-9,11-12H2,1H3. The number of nitrogens with one attached hydrogen (secondary N) is 1. The number of ether oxygens (including phenoxy) is 1. The molecule has 4 nitrogen and oxygen atoms in total. The Labute approximate surface area is 151 Å². The molecule has 1 aromatic carbocycles. The van der Waals surface area contributed by atoms with Crippen molar-refractivity contribution in [2.75, 3.05) is 44.4 Å². The van der Waals surface area contributed by atoms with E-state index in [-0.39, 0.29) is 11.6 Å². The molecule has 6 heteroatoms. The number of phenolic OH excluding ortho intramolecular Hbond substituents is 1. The first-order chi connectivity index (χ1) is 11.1. The average Bonchev–Trinajstić information content (AvgIpc) is 3.06. The van der Waals surface area contributed by atoms with Gasteiger partial charge in [-0.05, 0) is 37.3 Å². The molecule has 2 aliphatic rings. The Hall–Kier alpha value is -0.270. The highest BCUT2D eigenvalue weighted by atomic mass is 79.9. The number of morpholine rings is 1. The molecule has 23 heavy (non-hydrogen) atoms. The number of nitrogens with zero attached hydrogens (tertiary/aromatic N) is 1. The molecule has 0 amide bonds. The molecule has 128 valence electrons. The largest absolute Gasteiger partial charge is 0.508 e. The van der Waals surface area contributed by atoms with Crippen LogP contribution in [0.5, 0.6) is 5.75 Å². The number of phenols is 1. The van der Waals surface area contributed by atoms with Crippen LogP contribution in [0.25, 0.3) is 0 Å². The van der Waals surface area contributed by atoms with Crippen LogP contribution in [0, 0.1) is 0 Å². The quantitative estimate of drug-likeness (QED) is 0.794. The maximum Gasteiger partial charge on any atom is 0.120 e. The Bertz CT molecular complexity index is 531. The molecule has 3 rings (SSSR count). The molecule has 2 saturated heterocycles. The molecular weight excluding hydrogens is 376 g/mol. The van der Waals surface area contributed by atoms with Gasteiger partial charge in [0.2, 0.25) is 0 Å². The van der Waals surface area contributed by atoms with Gasteiger partial charge in [0.15, 0.2) is 0 Å². The predicted molar refractivity (Wildman–Crippen MR) is 99.3 cm³/mol. The van der Waals surface area contributed by atoms with Gasteiger partial charge in [0, 0.05) is 47.0 Å². The first kappa shape index (κ1) is 17.5. The van der Waals surface area contributed by atoms with Crippen LogP contribution < -0.4 is 5.32 Å². The third kappa shape index (κ3) is 4.04. The second kappa shape index (κ2) is 7.74. The fourth-order valence-corrected chi connectivity index (χ4v) is 5.32. The normalized spacial score (nSPS) is 27.2. The maximum absolute atomic E-state index is 10.1. The van der Waals surface area contributed by atoms with Crippen LogP contribution in [-0.2, 0) is 4.74 Å². The Balaban J connectivity index is 1.67. The third-order valence-electron chi connectivity index (χ3n) is 4.96. The van der Waals surface area contributed by atoms with Gasteiger partial charge in [-0.25, -0.2) is 0 Å². The number of hydrogen-bond acceptors (Lipinski definition) is 5. The molecule has 2 N–H and O–H groups in total. The van der Waals surface area contributed by atoms with Gasteiger partial charge in [0.1, 0.15) is 5.75 Å². The number of aromatic hydroxyl groups is 1. The highest BCUT2D eigenvalue weighted by molar-refractivity contribution is 9.10. The van der Waals surface area contributed by atoms with E-state index in [9.17, 15) is 5.11 Å². The van der Waals surface area contributed by atoms with Gasteiger partial charge in [-0.15, -0.1) is 0 Å². The molecule has 0 bridgehead atoms. The van der Waals surface area contributed by atoms with E-state index in [1.807, 2.05) is 23.9 Å². The molecule has 0 radical (unpaired) electrons. The summed E-state index contributed by atoms with van der Waals surface area (Å²) >= 11 is 5.54. The summed E-state index contributed by atoms with van der Waals surface area (Å²) in [6.45, 7) is 6.81. The van der Waals surface area contributed by atoms with Gasteiger partial charge in [-0.2, -0.15) is 11.8 Å². The minimum absolute atomic E-state index is 0.121. The Kier molecular flexibility index (Phi) is 5.91. The van der Waals surface area contributed by atoms with Gasteiger partial charge in [-0.1, -0.05) is 15.9 Å². The number of benzene rings is 1. The van der Waals surface area contributed by atoms with Gasteiger partial charge >= 0.3 is 0 Å². The van der Waals surface area contributed by atoms with E-state index >= 15 is 0 Å². The third-order valence-corrected chi connectivity index (χ3v) is 6.69. The summed E-state index contributed by atoms with van der Waals surface area (Å²) in [5, 5.41) is 13.8. The molecule has 2 heterocycles. The summed E-state index contributed by atoms with van der Waals surface area (Å²) in [7, 11) is 0. The van der Waals surface area contributed by atoms with Gasteiger partial charge in [0.05, 0.1) is 13.2 Å². The lowest BCUT2D eigenvalue weighted by Crippen LogP contribution is -2.58. The minimum atomic E-state index is 0.121. The van der Waals surface area contributed by atoms with Crippen molar-refractivity contribution >= 4 is 27.7 Å². The smallest absolute Gasteiger partial charge is 0.120 e. The fourth-order valence-electron chi connectivity index (χ4n) is 3.46. The van der Waals surface area contributed by atoms with Crippen LogP contribution in [0.2, 0.25) is 0 Å². The van der Waals surface area contributed by atoms with Crippen LogP contribution in [0.4, 0.5) is 0 Å². The zero-order valence-electron chi connectivity index (χ0n) is 13.6. The van der Waals surface area contributed by atoms with Crippen molar-refractivity contribution in [2.24, 2.45) is 0 Å².